The number of aryl methyl sites for hydroxylation is 1. The zero-order valence-electron chi connectivity index (χ0n) is 11.5. The molecule has 0 amide bonds. The molecule has 0 bridgehead atoms. The molecule has 0 saturated carbocycles. The second kappa shape index (κ2) is 4.94. The van der Waals surface area contributed by atoms with E-state index in [0.717, 1.165) is 23.6 Å². The zero-order chi connectivity index (χ0) is 13.2. The summed E-state index contributed by atoms with van der Waals surface area (Å²) in [5.74, 6) is 0.935. The molecule has 2 aromatic rings. The smallest absolute Gasteiger partial charge is 0.137 e. The van der Waals surface area contributed by atoms with Crippen molar-refractivity contribution in [2.24, 2.45) is 0 Å². The molecule has 1 aromatic heterocycles. The average Bonchev–Trinajstić information content (AvgIpc) is 2.74. The van der Waals surface area contributed by atoms with Crippen molar-refractivity contribution >= 4 is 0 Å². The van der Waals surface area contributed by atoms with Crippen LogP contribution in [0.3, 0.4) is 0 Å². The van der Waals surface area contributed by atoms with Crippen LogP contribution in [-0.2, 0) is 6.54 Å². The second-order valence-electron chi connectivity index (χ2n) is 5.73. The molecule has 0 saturated heterocycles. The fraction of sp³-hybridized carbons (Fsp3) is 0.400. The van der Waals surface area contributed by atoms with Crippen LogP contribution in [0, 0.1) is 6.92 Å². The Bertz CT molecular complexity index is 521. The van der Waals surface area contributed by atoms with Crippen molar-refractivity contribution in [2.75, 3.05) is 0 Å². The van der Waals surface area contributed by atoms with Crippen LogP contribution < -0.4 is 5.32 Å². The normalized spacial score (nSPS) is 11.8. The van der Waals surface area contributed by atoms with E-state index < -0.39 is 0 Å². The number of H-pyrrole nitrogens is 1. The first-order valence-corrected chi connectivity index (χ1v) is 6.30. The summed E-state index contributed by atoms with van der Waals surface area (Å²) in [7, 11) is 0. The van der Waals surface area contributed by atoms with Crippen molar-refractivity contribution in [1.29, 1.82) is 0 Å². The molecule has 0 aliphatic heterocycles. The van der Waals surface area contributed by atoms with Gasteiger partial charge in [0.15, 0.2) is 0 Å². The predicted octanol–water partition coefficient (Wildman–Crippen LogP) is 3.27. The summed E-state index contributed by atoms with van der Waals surface area (Å²) < 4.78 is 0. The number of hydrogen-bond donors (Lipinski definition) is 2. The predicted molar refractivity (Wildman–Crippen MR) is 75.4 cm³/mol. The maximum atomic E-state index is 4.43. The molecule has 96 valence electrons. The minimum atomic E-state index is 0.120. The Morgan fingerprint density at radius 1 is 1.28 bits per heavy atom. The Morgan fingerprint density at radius 2 is 2.06 bits per heavy atom. The third kappa shape index (κ3) is 3.44. The van der Waals surface area contributed by atoms with Gasteiger partial charge in [-0.25, -0.2) is 4.98 Å². The molecular formula is C15H21N3. The van der Waals surface area contributed by atoms with Crippen LogP contribution in [0.25, 0.3) is 11.4 Å². The monoisotopic (exact) mass is 243 g/mol. The fourth-order valence-electron chi connectivity index (χ4n) is 1.75. The molecule has 3 nitrogen and oxygen atoms in total. The van der Waals surface area contributed by atoms with E-state index in [4.69, 9.17) is 0 Å². The number of rotatable bonds is 3. The van der Waals surface area contributed by atoms with Crippen LogP contribution in [0.4, 0.5) is 0 Å². The van der Waals surface area contributed by atoms with Crippen LogP contribution in [0.5, 0.6) is 0 Å². The summed E-state index contributed by atoms with van der Waals surface area (Å²) in [4.78, 5) is 7.79. The fourth-order valence-corrected chi connectivity index (χ4v) is 1.75. The lowest BCUT2D eigenvalue weighted by molar-refractivity contribution is 0.422. The molecule has 0 atom stereocenters. The first kappa shape index (κ1) is 12.8. The van der Waals surface area contributed by atoms with Crippen molar-refractivity contribution in [3.05, 3.63) is 41.7 Å². The van der Waals surface area contributed by atoms with E-state index >= 15 is 0 Å². The highest BCUT2D eigenvalue weighted by Crippen LogP contribution is 2.17. The Labute approximate surface area is 109 Å². The van der Waals surface area contributed by atoms with Gasteiger partial charge in [-0.15, -0.1) is 0 Å². The van der Waals surface area contributed by atoms with E-state index in [1.807, 2.05) is 6.20 Å². The van der Waals surface area contributed by atoms with Crippen LogP contribution in [-0.4, -0.2) is 15.5 Å². The third-order valence-electron chi connectivity index (χ3n) is 2.73. The minimum Gasteiger partial charge on any atom is -0.341 e. The lowest BCUT2D eigenvalue weighted by atomic mass is 10.1. The molecule has 3 heteroatoms. The minimum absolute atomic E-state index is 0.120. The van der Waals surface area contributed by atoms with E-state index in [-0.39, 0.29) is 5.54 Å². The molecule has 18 heavy (non-hydrogen) atoms. The summed E-state index contributed by atoms with van der Waals surface area (Å²) in [5, 5.41) is 3.44. The van der Waals surface area contributed by atoms with Gasteiger partial charge in [0.05, 0.1) is 0 Å². The van der Waals surface area contributed by atoms with Crippen molar-refractivity contribution in [3.63, 3.8) is 0 Å². The van der Waals surface area contributed by atoms with E-state index in [1.165, 1.54) is 5.56 Å². The lowest BCUT2D eigenvalue weighted by Crippen LogP contribution is -2.35. The topological polar surface area (TPSA) is 40.7 Å². The first-order chi connectivity index (χ1) is 8.44. The van der Waals surface area contributed by atoms with E-state index in [0.29, 0.717) is 0 Å². The van der Waals surface area contributed by atoms with Gasteiger partial charge in [-0.3, -0.25) is 0 Å². The number of nitrogens with one attached hydrogen (secondary N) is 2. The van der Waals surface area contributed by atoms with Gasteiger partial charge in [-0.2, -0.15) is 0 Å². The van der Waals surface area contributed by atoms with Crippen molar-refractivity contribution in [2.45, 2.75) is 39.8 Å². The van der Waals surface area contributed by atoms with Gasteiger partial charge < -0.3 is 10.3 Å². The van der Waals surface area contributed by atoms with E-state index in [2.05, 4.69) is 67.2 Å². The van der Waals surface area contributed by atoms with Gasteiger partial charge in [-0.1, -0.05) is 23.8 Å². The summed E-state index contributed by atoms with van der Waals surface area (Å²) >= 11 is 0. The Morgan fingerprint density at radius 3 is 2.72 bits per heavy atom. The highest BCUT2D eigenvalue weighted by molar-refractivity contribution is 5.56. The van der Waals surface area contributed by atoms with Gasteiger partial charge in [0, 0.05) is 29.5 Å². The van der Waals surface area contributed by atoms with Crippen LogP contribution >= 0.6 is 0 Å². The SMILES string of the molecule is Cc1cccc(-c2ncc(CNC(C)(C)C)[nH]2)c1. The largest absolute Gasteiger partial charge is 0.341 e. The van der Waals surface area contributed by atoms with Crippen molar-refractivity contribution in [3.8, 4) is 11.4 Å². The molecule has 0 aliphatic carbocycles. The summed E-state index contributed by atoms with van der Waals surface area (Å²) in [5.41, 5.74) is 3.62. The number of imidazole rings is 1. The molecule has 0 aliphatic rings. The number of benzene rings is 1. The van der Waals surface area contributed by atoms with Gasteiger partial charge in [0.25, 0.3) is 0 Å². The van der Waals surface area contributed by atoms with E-state index in [1.54, 1.807) is 0 Å². The standard InChI is InChI=1S/C15H21N3/c1-11-6-5-7-12(8-11)14-16-9-13(18-14)10-17-15(2,3)4/h5-9,17H,10H2,1-4H3,(H,16,18). The highest BCUT2D eigenvalue weighted by Gasteiger charge is 2.10. The maximum Gasteiger partial charge on any atom is 0.137 e. The number of nitrogens with zero attached hydrogens (tertiary/aromatic N) is 1. The van der Waals surface area contributed by atoms with Crippen molar-refractivity contribution < 1.29 is 0 Å². The van der Waals surface area contributed by atoms with Crippen LogP contribution in [0.1, 0.15) is 32.0 Å². The molecular weight excluding hydrogens is 222 g/mol. The Kier molecular flexibility index (Phi) is 3.53. The molecule has 0 unspecified atom stereocenters. The Balaban J connectivity index is 2.11. The van der Waals surface area contributed by atoms with Gasteiger partial charge in [0.2, 0.25) is 0 Å². The summed E-state index contributed by atoms with van der Waals surface area (Å²) in [6.45, 7) is 9.37. The number of aromatic amines is 1. The molecule has 1 aromatic carbocycles. The molecule has 1 heterocycles. The van der Waals surface area contributed by atoms with Crippen LogP contribution in [0.15, 0.2) is 30.5 Å². The third-order valence-corrected chi connectivity index (χ3v) is 2.73. The summed E-state index contributed by atoms with van der Waals surface area (Å²) in [6.07, 6.45) is 1.90. The second-order valence-corrected chi connectivity index (χ2v) is 5.73. The molecule has 0 radical (unpaired) electrons. The van der Waals surface area contributed by atoms with Gasteiger partial charge >= 0.3 is 0 Å². The lowest BCUT2D eigenvalue weighted by Gasteiger charge is -2.19. The van der Waals surface area contributed by atoms with Crippen molar-refractivity contribution in [1.82, 2.24) is 15.3 Å². The quantitative estimate of drug-likeness (QED) is 0.868. The van der Waals surface area contributed by atoms with Crippen LogP contribution in [0.2, 0.25) is 0 Å². The molecule has 2 rings (SSSR count). The van der Waals surface area contributed by atoms with Gasteiger partial charge in [-0.05, 0) is 33.8 Å². The average molecular weight is 243 g/mol. The zero-order valence-corrected chi connectivity index (χ0v) is 11.5. The maximum absolute atomic E-state index is 4.43. The molecule has 2 N–H and O–H groups in total. The molecule has 0 fully saturated rings. The first-order valence-electron chi connectivity index (χ1n) is 6.30. The molecule has 0 spiro atoms. The van der Waals surface area contributed by atoms with E-state index in [9.17, 15) is 0 Å². The highest BCUT2D eigenvalue weighted by atomic mass is 15.0. The van der Waals surface area contributed by atoms with Gasteiger partial charge in [0.1, 0.15) is 5.82 Å². The number of hydrogen-bond acceptors (Lipinski definition) is 2. The summed E-state index contributed by atoms with van der Waals surface area (Å²) in [6, 6.07) is 8.36. The number of aromatic nitrogens is 2. The Hall–Kier alpha value is -1.61.